The van der Waals surface area contributed by atoms with E-state index in [0.29, 0.717) is 33.6 Å². The summed E-state index contributed by atoms with van der Waals surface area (Å²) in [5, 5.41) is 5.64. The van der Waals surface area contributed by atoms with Gasteiger partial charge in [0.25, 0.3) is 11.8 Å². The molecule has 0 bridgehead atoms. The molecule has 0 atom stereocenters. The van der Waals surface area contributed by atoms with Gasteiger partial charge in [0, 0.05) is 33.6 Å². The van der Waals surface area contributed by atoms with Crippen molar-refractivity contribution in [1.82, 2.24) is 0 Å². The number of benzene rings is 5. The zero-order chi connectivity index (χ0) is 30.7. The SMILES string of the molecule is O=C(/C=C\c1cccc(/C=C/C(=O)c2cccc(NC(=O)c3ccccc3)c2)c1)c1cccc(NC(=O)c2ccccc2)c1. The normalized spacial score (nSPS) is 10.9. The Hall–Kier alpha value is -6.14. The number of ketones is 2. The molecule has 0 radical (unpaired) electrons. The second-order valence-electron chi connectivity index (χ2n) is 9.87. The molecule has 0 heterocycles. The predicted molar refractivity (Wildman–Crippen MR) is 175 cm³/mol. The molecule has 0 saturated heterocycles. The Morgan fingerprint density at radius 3 is 1.23 bits per heavy atom. The molecule has 44 heavy (non-hydrogen) atoms. The molecule has 0 aromatic heterocycles. The molecule has 5 rings (SSSR count). The molecular formula is C38H28N2O4. The molecular weight excluding hydrogens is 548 g/mol. The van der Waals surface area contributed by atoms with Gasteiger partial charge in [-0.15, -0.1) is 0 Å². The molecule has 0 aliphatic rings. The number of amides is 2. The summed E-state index contributed by atoms with van der Waals surface area (Å²) in [4.78, 5) is 50.7. The first-order valence-electron chi connectivity index (χ1n) is 13.9. The zero-order valence-corrected chi connectivity index (χ0v) is 23.6. The van der Waals surface area contributed by atoms with Gasteiger partial charge in [-0.3, -0.25) is 19.2 Å². The third-order valence-corrected chi connectivity index (χ3v) is 6.65. The third kappa shape index (κ3) is 7.99. The van der Waals surface area contributed by atoms with Gasteiger partial charge < -0.3 is 10.6 Å². The first kappa shape index (κ1) is 29.4. The van der Waals surface area contributed by atoms with Gasteiger partial charge in [-0.1, -0.05) is 91.0 Å². The number of carbonyl (C=O) groups is 4. The smallest absolute Gasteiger partial charge is 0.255 e. The van der Waals surface area contributed by atoms with Crippen LogP contribution < -0.4 is 10.6 Å². The Labute approximate surface area is 255 Å². The monoisotopic (exact) mass is 576 g/mol. The van der Waals surface area contributed by atoms with E-state index in [1.165, 1.54) is 12.2 Å². The van der Waals surface area contributed by atoms with E-state index in [-0.39, 0.29) is 23.4 Å². The number of nitrogens with one attached hydrogen (secondary N) is 2. The van der Waals surface area contributed by atoms with E-state index >= 15 is 0 Å². The van der Waals surface area contributed by atoms with E-state index < -0.39 is 0 Å². The van der Waals surface area contributed by atoms with Crippen LogP contribution in [0.4, 0.5) is 11.4 Å². The molecule has 0 unspecified atom stereocenters. The van der Waals surface area contributed by atoms with Crippen molar-refractivity contribution >= 4 is 46.9 Å². The molecule has 5 aromatic rings. The summed E-state index contributed by atoms with van der Waals surface area (Å²) in [6.07, 6.45) is 6.36. The fourth-order valence-electron chi connectivity index (χ4n) is 4.39. The summed E-state index contributed by atoms with van der Waals surface area (Å²) >= 11 is 0. The van der Waals surface area contributed by atoms with Gasteiger partial charge >= 0.3 is 0 Å². The van der Waals surface area contributed by atoms with Crippen LogP contribution in [-0.2, 0) is 0 Å². The van der Waals surface area contributed by atoms with Crippen LogP contribution in [0.2, 0.25) is 0 Å². The number of hydrogen-bond donors (Lipinski definition) is 2. The van der Waals surface area contributed by atoms with Gasteiger partial charge in [0.2, 0.25) is 0 Å². The van der Waals surface area contributed by atoms with E-state index in [1.54, 1.807) is 109 Å². The lowest BCUT2D eigenvalue weighted by molar-refractivity contribution is 0.101. The lowest BCUT2D eigenvalue weighted by atomic mass is 10.1. The number of hydrogen-bond acceptors (Lipinski definition) is 4. The Morgan fingerprint density at radius 1 is 0.409 bits per heavy atom. The van der Waals surface area contributed by atoms with Crippen molar-refractivity contribution in [1.29, 1.82) is 0 Å². The van der Waals surface area contributed by atoms with Gasteiger partial charge in [-0.2, -0.15) is 0 Å². The highest BCUT2D eigenvalue weighted by Crippen LogP contribution is 2.17. The number of rotatable bonds is 10. The van der Waals surface area contributed by atoms with E-state index in [4.69, 9.17) is 0 Å². The second kappa shape index (κ2) is 14.2. The Morgan fingerprint density at radius 2 is 0.795 bits per heavy atom. The predicted octanol–water partition coefficient (Wildman–Crippen LogP) is 7.98. The van der Waals surface area contributed by atoms with Gasteiger partial charge in [-0.05, 0) is 77.9 Å². The second-order valence-corrected chi connectivity index (χ2v) is 9.87. The fraction of sp³-hybridized carbons (Fsp3) is 0. The molecule has 0 saturated carbocycles. The van der Waals surface area contributed by atoms with Crippen LogP contribution in [-0.4, -0.2) is 23.4 Å². The fourth-order valence-corrected chi connectivity index (χ4v) is 4.39. The Bertz CT molecular complexity index is 1740. The maximum Gasteiger partial charge on any atom is 0.255 e. The summed E-state index contributed by atoms with van der Waals surface area (Å²) < 4.78 is 0. The average molecular weight is 577 g/mol. The summed E-state index contributed by atoms with van der Waals surface area (Å²) in [6.45, 7) is 0. The van der Waals surface area contributed by atoms with Gasteiger partial charge in [0.05, 0.1) is 0 Å². The lowest BCUT2D eigenvalue weighted by Crippen LogP contribution is -2.12. The first-order valence-corrected chi connectivity index (χ1v) is 13.9. The molecule has 0 spiro atoms. The molecule has 5 aromatic carbocycles. The van der Waals surface area contributed by atoms with Crippen molar-refractivity contribution in [2.24, 2.45) is 0 Å². The maximum absolute atomic E-state index is 12.9. The highest BCUT2D eigenvalue weighted by Gasteiger charge is 2.09. The van der Waals surface area contributed by atoms with Crippen molar-refractivity contribution < 1.29 is 19.2 Å². The van der Waals surface area contributed by atoms with Crippen molar-refractivity contribution in [3.8, 4) is 0 Å². The van der Waals surface area contributed by atoms with Gasteiger partial charge in [0.1, 0.15) is 0 Å². The first-order chi connectivity index (χ1) is 21.4. The molecule has 6 heteroatoms. The Balaban J connectivity index is 1.21. The minimum Gasteiger partial charge on any atom is -0.322 e. The largest absolute Gasteiger partial charge is 0.322 e. The maximum atomic E-state index is 12.9. The van der Waals surface area contributed by atoms with E-state index in [9.17, 15) is 19.2 Å². The van der Waals surface area contributed by atoms with Crippen LogP contribution >= 0.6 is 0 Å². The highest BCUT2D eigenvalue weighted by molar-refractivity contribution is 6.10. The van der Waals surface area contributed by atoms with E-state index in [2.05, 4.69) is 10.6 Å². The number of carbonyl (C=O) groups excluding carboxylic acids is 4. The average Bonchev–Trinajstić information content (AvgIpc) is 3.07. The van der Waals surface area contributed by atoms with Crippen LogP contribution in [0.15, 0.2) is 146 Å². The summed E-state index contributed by atoms with van der Waals surface area (Å²) in [5.74, 6) is -0.930. The third-order valence-electron chi connectivity index (χ3n) is 6.65. The van der Waals surface area contributed by atoms with Crippen LogP contribution in [0.5, 0.6) is 0 Å². The summed E-state index contributed by atoms with van der Waals surface area (Å²) in [5.41, 5.74) is 4.56. The van der Waals surface area contributed by atoms with Crippen LogP contribution in [0.25, 0.3) is 12.2 Å². The molecule has 2 N–H and O–H groups in total. The van der Waals surface area contributed by atoms with Crippen molar-refractivity contribution in [3.63, 3.8) is 0 Å². The number of anilines is 2. The quantitative estimate of drug-likeness (QED) is 0.130. The van der Waals surface area contributed by atoms with Gasteiger partial charge in [0.15, 0.2) is 11.6 Å². The molecule has 6 nitrogen and oxygen atoms in total. The lowest BCUT2D eigenvalue weighted by Gasteiger charge is -2.06. The van der Waals surface area contributed by atoms with Crippen molar-refractivity contribution in [2.75, 3.05) is 10.6 Å². The Kier molecular flexibility index (Phi) is 9.45. The van der Waals surface area contributed by atoms with Crippen molar-refractivity contribution in [3.05, 3.63) is 179 Å². The standard InChI is InChI=1S/C38H28N2O4/c41-35(31-16-8-18-33(25-31)39-37(43)29-12-3-1-4-13-29)22-20-27-10-7-11-28(24-27)21-23-36(42)32-17-9-19-34(26-32)40-38(44)30-14-5-2-6-15-30/h1-26H,(H,39,43)(H,40,44)/b22-20-,23-21+. The van der Waals surface area contributed by atoms with E-state index in [0.717, 1.165) is 11.1 Å². The minimum absolute atomic E-state index is 0.212. The zero-order valence-electron chi connectivity index (χ0n) is 23.6. The molecule has 2 amide bonds. The molecule has 0 aliphatic heterocycles. The van der Waals surface area contributed by atoms with E-state index in [1.807, 2.05) is 36.4 Å². The molecule has 0 aliphatic carbocycles. The van der Waals surface area contributed by atoms with Gasteiger partial charge in [-0.25, -0.2) is 0 Å². The number of allylic oxidation sites excluding steroid dienone is 2. The topological polar surface area (TPSA) is 92.3 Å². The summed E-state index contributed by atoms with van der Waals surface area (Å²) in [6, 6.07) is 38.7. The molecule has 214 valence electrons. The summed E-state index contributed by atoms with van der Waals surface area (Å²) in [7, 11) is 0. The minimum atomic E-state index is -0.253. The van der Waals surface area contributed by atoms with Crippen LogP contribution in [0.3, 0.4) is 0 Å². The van der Waals surface area contributed by atoms with Crippen molar-refractivity contribution in [2.45, 2.75) is 0 Å². The highest BCUT2D eigenvalue weighted by atomic mass is 16.2. The van der Waals surface area contributed by atoms with Crippen LogP contribution in [0.1, 0.15) is 52.6 Å². The van der Waals surface area contributed by atoms with Crippen LogP contribution in [0, 0.1) is 0 Å². The molecule has 0 fully saturated rings.